The van der Waals surface area contributed by atoms with Crippen molar-refractivity contribution >= 4 is 5.91 Å². The summed E-state index contributed by atoms with van der Waals surface area (Å²) in [6, 6.07) is 2.91. The minimum atomic E-state index is 0.170. The molecule has 1 saturated carbocycles. The van der Waals surface area contributed by atoms with Crippen LogP contribution in [0.1, 0.15) is 52.0 Å². The second kappa shape index (κ2) is 7.43. The van der Waals surface area contributed by atoms with Crippen molar-refractivity contribution in [1.82, 2.24) is 20.4 Å². The first kappa shape index (κ1) is 15.0. The molecule has 1 fully saturated rings. The molecule has 2 atom stereocenters. The molecular weight excluding hydrogens is 252 g/mol. The van der Waals surface area contributed by atoms with Gasteiger partial charge >= 0.3 is 0 Å². The van der Waals surface area contributed by atoms with Crippen molar-refractivity contribution in [2.75, 3.05) is 6.54 Å². The summed E-state index contributed by atoms with van der Waals surface area (Å²) in [5, 5.41) is 10.8. The van der Waals surface area contributed by atoms with Crippen molar-refractivity contribution in [2.24, 2.45) is 0 Å². The Kier molecular flexibility index (Phi) is 5.59. The first-order chi connectivity index (χ1) is 9.66. The van der Waals surface area contributed by atoms with Gasteiger partial charge in [-0.1, -0.05) is 12.8 Å². The molecule has 5 heteroatoms. The van der Waals surface area contributed by atoms with E-state index in [1.54, 1.807) is 6.20 Å². The molecule has 112 valence electrons. The summed E-state index contributed by atoms with van der Waals surface area (Å²) >= 11 is 0. The molecule has 1 amide bonds. The maximum Gasteiger partial charge on any atom is 0.221 e. The lowest BCUT2D eigenvalue weighted by atomic mass is 10.1. The molecule has 1 aromatic heterocycles. The first-order valence-electron chi connectivity index (χ1n) is 7.68. The molecule has 0 unspecified atom stereocenters. The van der Waals surface area contributed by atoms with E-state index in [1.807, 2.05) is 16.9 Å². The maximum atomic E-state index is 11.8. The molecule has 0 spiro atoms. The van der Waals surface area contributed by atoms with Crippen LogP contribution < -0.4 is 10.6 Å². The SMILES string of the molecule is C[C@@H](NCCC(=O)NC1CCCC1)[C@H](C)n1cccn1. The monoisotopic (exact) mass is 278 g/mol. The zero-order chi connectivity index (χ0) is 14.4. The van der Waals surface area contributed by atoms with Crippen molar-refractivity contribution in [2.45, 2.75) is 64.1 Å². The lowest BCUT2D eigenvalue weighted by Gasteiger charge is -2.22. The minimum absolute atomic E-state index is 0.170. The fraction of sp³-hybridized carbons (Fsp3) is 0.733. The molecule has 0 aromatic carbocycles. The summed E-state index contributed by atoms with van der Waals surface area (Å²) in [5.41, 5.74) is 0. The zero-order valence-corrected chi connectivity index (χ0v) is 12.5. The fourth-order valence-corrected chi connectivity index (χ4v) is 2.70. The number of nitrogens with zero attached hydrogens (tertiary/aromatic N) is 2. The van der Waals surface area contributed by atoms with Crippen molar-refractivity contribution in [3.63, 3.8) is 0 Å². The summed E-state index contributed by atoms with van der Waals surface area (Å²) in [7, 11) is 0. The molecule has 1 aliphatic rings. The van der Waals surface area contributed by atoms with Gasteiger partial charge in [-0.25, -0.2) is 0 Å². The Morgan fingerprint density at radius 3 is 2.80 bits per heavy atom. The van der Waals surface area contributed by atoms with Gasteiger partial charge in [0.2, 0.25) is 5.91 Å². The minimum Gasteiger partial charge on any atom is -0.353 e. The maximum absolute atomic E-state index is 11.8. The number of nitrogens with one attached hydrogen (secondary N) is 2. The average Bonchev–Trinajstić information content (AvgIpc) is 3.10. The lowest BCUT2D eigenvalue weighted by molar-refractivity contribution is -0.121. The molecule has 5 nitrogen and oxygen atoms in total. The highest BCUT2D eigenvalue weighted by molar-refractivity contribution is 5.76. The predicted molar refractivity (Wildman–Crippen MR) is 79.4 cm³/mol. The largest absolute Gasteiger partial charge is 0.353 e. The van der Waals surface area contributed by atoms with Crippen LogP contribution in [0.5, 0.6) is 0 Å². The Morgan fingerprint density at radius 2 is 2.15 bits per heavy atom. The first-order valence-corrected chi connectivity index (χ1v) is 7.68. The fourth-order valence-electron chi connectivity index (χ4n) is 2.70. The van der Waals surface area contributed by atoms with Gasteiger partial charge in [0, 0.05) is 37.4 Å². The number of rotatable bonds is 7. The van der Waals surface area contributed by atoms with Crippen LogP contribution in [0.2, 0.25) is 0 Å². The van der Waals surface area contributed by atoms with Crippen molar-refractivity contribution in [3.05, 3.63) is 18.5 Å². The normalized spacial score (nSPS) is 18.9. The molecule has 1 aromatic rings. The second-order valence-electron chi connectivity index (χ2n) is 5.77. The number of aromatic nitrogens is 2. The second-order valence-corrected chi connectivity index (χ2v) is 5.77. The molecule has 1 aliphatic carbocycles. The van der Waals surface area contributed by atoms with Gasteiger partial charge in [0.25, 0.3) is 0 Å². The van der Waals surface area contributed by atoms with E-state index in [2.05, 4.69) is 29.6 Å². The summed E-state index contributed by atoms with van der Waals surface area (Å²) < 4.78 is 1.94. The average molecular weight is 278 g/mol. The highest BCUT2D eigenvalue weighted by Gasteiger charge is 2.17. The van der Waals surface area contributed by atoms with E-state index in [4.69, 9.17) is 0 Å². The Labute approximate surface area is 121 Å². The van der Waals surface area contributed by atoms with E-state index in [1.165, 1.54) is 12.8 Å². The van der Waals surface area contributed by atoms with Crippen LogP contribution in [0.15, 0.2) is 18.5 Å². The van der Waals surface area contributed by atoms with Crippen LogP contribution in [0.3, 0.4) is 0 Å². The zero-order valence-electron chi connectivity index (χ0n) is 12.5. The van der Waals surface area contributed by atoms with E-state index < -0.39 is 0 Å². The molecule has 0 bridgehead atoms. The van der Waals surface area contributed by atoms with Crippen LogP contribution in [0.25, 0.3) is 0 Å². The summed E-state index contributed by atoms with van der Waals surface area (Å²) in [5.74, 6) is 0.170. The van der Waals surface area contributed by atoms with Crippen LogP contribution in [-0.2, 0) is 4.79 Å². The number of amides is 1. The Bertz CT molecular complexity index is 398. The van der Waals surface area contributed by atoms with E-state index in [9.17, 15) is 4.79 Å². The predicted octanol–water partition coefficient (Wildman–Crippen LogP) is 1.87. The van der Waals surface area contributed by atoms with E-state index in [-0.39, 0.29) is 18.0 Å². The summed E-state index contributed by atoms with van der Waals surface area (Å²) in [6.07, 6.45) is 9.10. The Hall–Kier alpha value is -1.36. The van der Waals surface area contributed by atoms with Gasteiger partial charge in [-0.2, -0.15) is 5.10 Å². The van der Waals surface area contributed by atoms with Crippen LogP contribution >= 0.6 is 0 Å². The Morgan fingerprint density at radius 1 is 1.40 bits per heavy atom. The van der Waals surface area contributed by atoms with Gasteiger partial charge < -0.3 is 10.6 Å². The third-order valence-corrected chi connectivity index (χ3v) is 4.20. The molecule has 20 heavy (non-hydrogen) atoms. The number of hydrogen-bond donors (Lipinski definition) is 2. The highest BCUT2D eigenvalue weighted by atomic mass is 16.1. The standard InChI is InChI=1S/C15H26N4O/c1-12(13(2)19-11-5-9-17-19)16-10-8-15(20)18-14-6-3-4-7-14/h5,9,11-14,16H,3-4,6-8,10H2,1-2H3,(H,18,20)/t12-,13+/m1/s1. The third-order valence-electron chi connectivity index (χ3n) is 4.20. The third kappa shape index (κ3) is 4.34. The molecule has 0 radical (unpaired) electrons. The van der Waals surface area contributed by atoms with Gasteiger partial charge in [-0.3, -0.25) is 9.48 Å². The topological polar surface area (TPSA) is 59.0 Å². The van der Waals surface area contributed by atoms with Gasteiger partial charge in [0.15, 0.2) is 0 Å². The van der Waals surface area contributed by atoms with Gasteiger partial charge in [0.05, 0.1) is 6.04 Å². The van der Waals surface area contributed by atoms with E-state index in [0.717, 1.165) is 12.8 Å². The molecular formula is C15H26N4O. The number of carbonyl (C=O) groups is 1. The quantitative estimate of drug-likeness (QED) is 0.800. The van der Waals surface area contributed by atoms with Crippen LogP contribution in [0, 0.1) is 0 Å². The number of carbonyl (C=O) groups excluding carboxylic acids is 1. The van der Waals surface area contributed by atoms with Crippen molar-refractivity contribution in [1.29, 1.82) is 0 Å². The molecule has 1 heterocycles. The molecule has 0 saturated heterocycles. The van der Waals surface area contributed by atoms with Crippen LogP contribution in [0.4, 0.5) is 0 Å². The van der Waals surface area contributed by atoms with Gasteiger partial charge in [-0.05, 0) is 32.8 Å². The van der Waals surface area contributed by atoms with Crippen molar-refractivity contribution < 1.29 is 4.79 Å². The Balaban J connectivity index is 1.63. The summed E-state index contributed by atoms with van der Waals surface area (Å²) in [4.78, 5) is 11.8. The highest BCUT2D eigenvalue weighted by Crippen LogP contribution is 2.17. The summed E-state index contributed by atoms with van der Waals surface area (Å²) in [6.45, 7) is 4.97. The molecule has 2 rings (SSSR count). The number of hydrogen-bond acceptors (Lipinski definition) is 3. The van der Waals surface area contributed by atoms with E-state index >= 15 is 0 Å². The van der Waals surface area contributed by atoms with Crippen LogP contribution in [-0.4, -0.2) is 34.3 Å². The van der Waals surface area contributed by atoms with E-state index in [0.29, 0.717) is 19.0 Å². The van der Waals surface area contributed by atoms with Gasteiger partial charge in [0.1, 0.15) is 0 Å². The molecule has 2 N–H and O–H groups in total. The lowest BCUT2D eigenvalue weighted by Crippen LogP contribution is -2.38. The molecule has 0 aliphatic heterocycles. The van der Waals surface area contributed by atoms with Crippen molar-refractivity contribution in [3.8, 4) is 0 Å². The van der Waals surface area contributed by atoms with Gasteiger partial charge in [-0.15, -0.1) is 0 Å². The smallest absolute Gasteiger partial charge is 0.221 e.